The Labute approximate surface area is 163 Å². The van der Waals surface area contributed by atoms with Crippen LogP contribution in [0.5, 0.6) is 5.75 Å². The molecule has 1 aliphatic heterocycles. The molecule has 0 saturated heterocycles. The van der Waals surface area contributed by atoms with E-state index in [-0.39, 0.29) is 17.1 Å². The number of benzene rings is 2. The molecule has 1 fully saturated rings. The third kappa shape index (κ3) is 4.11. The van der Waals surface area contributed by atoms with Gasteiger partial charge in [0.05, 0.1) is 16.7 Å². The van der Waals surface area contributed by atoms with Crippen molar-refractivity contribution in [1.82, 2.24) is 0 Å². The van der Waals surface area contributed by atoms with Crippen molar-refractivity contribution in [2.45, 2.75) is 42.7 Å². The zero-order chi connectivity index (χ0) is 19.7. The summed E-state index contributed by atoms with van der Waals surface area (Å²) in [6.45, 7) is 0. The molecule has 0 radical (unpaired) electrons. The van der Waals surface area contributed by atoms with Gasteiger partial charge < -0.3 is 20.5 Å². The van der Waals surface area contributed by atoms with Gasteiger partial charge in [-0.15, -0.1) is 0 Å². The predicted octanol–water partition coefficient (Wildman–Crippen LogP) is 1.87. The van der Waals surface area contributed by atoms with Crippen LogP contribution in [0, 0.1) is 0 Å². The number of nitrogens with one attached hydrogen (secondary N) is 2. The molecule has 0 aromatic heterocycles. The maximum atomic E-state index is 11.4. The van der Waals surface area contributed by atoms with Gasteiger partial charge in [0.25, 0.3) is 0 Å². The van der Waals surface area contributed by atoms with E-state index < -0.39 is 16.3 Å². The van der Waals surface area contributed by atoms with Crippen molar-refractivity contribution < 1.29 is 18.3 Å². The van der Waals surface area contributed by atoms with Crippen LogP contribution < -0.4 is 20.5 Å². The van der Waals surface area contributed by atoms with E-state index in [9.17, 15) is 13.5 Å². The number of hydrogen-bond acceptors (Lipinski definition) is 7. The van der Waals surface area contributed by atoms with E-state index in [1.807, 2.05) is 18.2 Å². The van der Waals surface area contributed by atoms with Gasteiger partial charge in [0.1, 0.15) is 11.9 Å². The molecule has 5 N–H and O–H groups in total. The van der Waals surface area contributed by atoms with E-state index in [1.54, 1.807) is 18.3 Å². The minimum absolute atomic E-state index is 0.000620. The fourth-order valence-corrected chi connectivity index (χ4v) is 3.93. The lowest BCUT2D eigenvalue weighted by molar-refractivity contribution is 0.150. The summed E-state index contributed by atoms with van der Waals surface area (Å²) in [6, 6.07) is 11.9. The lowest BCUT2D eigenvalue weighted by atomic mass is 10.1. The second-order valence-corrected chi connectivity index (χ2v) is 8.53. The number of sulfonamides is 1. The first kappa shape index (κ1) is 18.7. The molecule has 0 bridgehead atoms. The average Bonchev–Trinajstić information content (AvgIpc) is 3.07. The summed E-state index contributed by atoms with van der Waals surface area (Å²) in [6.07, 6.45) is 3.25. The molecule has 2 aromatic carbocycles. The van der Waals surface area contributed by atoms with Crippen LogP contribution in [0.3, 0.4) is 0 Å². The molecule has 1 aliphatic carbocycles. The molecular weight excluding hydrogens is 380 g/mol. The van der Waals surface area contributed by atoms with Crippen LogP contribution in [-0.2, 0) is 10.0 Å². The second-order valence-electron chi connectivity index (χ2n) is 6.97. The maximum absolute atomic E-state index is 11.4. The number of para-hydroxylation sites is 1. The number of nitrogens with zero attached hydrogens (tertiary/aromatic N) is 1. The third-order valence-corrected chi connectivity index (χ3v) is 5.77. The molecule has 2 aromatic rings. The first-order chi connectivity index (χ1) is 13.4. The average molecular weight is 402 g/mol. The van der Waals surface area contributed by atoms with Crippen molar-refractivity contribution in [2.24, 2.45) is 10.1 Å². The van der Waals surface area contributed by atoms with Crippen LogP contribution in [0.1, 0.15) is 24.8 Å². The van der Waals surface area contributed by atoms with Crippen molar-refractivity contribution in [1.29, 1.82) is 0 Å². The number of fused-ring (bicyclic) bond motifs is 1. The number of aliphatic hydroxyl groups is 1. The molecule has 4 rings (SSSR count). The molecule has 8 nitrogen and oxygen atoms in total. The van der Waals surface area contributed by atoms with E-state index in [0.29, 0.717) is 12.1 Å². The Morgan fingerprint density at radius 2 is 1.96 bits per heavy atom. The van der Waals surface area contributed by atoms with Crippen molar-refractivity contribution in [3.63, 3.8) is 0 Å². The zero-order valence-corrected chi connectivity index (χ0v) is 15.9. The molecule has 2 aliphatic rings. The van der Waals surface area contributed by atoms with Gasteiger partial charge >= 0.3 is 0 Å². The minimum Gasteiger partial charge on any atom is -0.488 e. The molecule has 1 unspecified atom stereocenters. The van der Waals surface area contributed by atoms with Gasteiger partial charge in [0.2, 0.25) is 10.0 Å². The Morgan fingerprint density at radius 3 is 2.64 bits per heavy atom. The van der Waals surface area contributed by atoms with Gasteiger partial charge in [0, 0.05) is 23.9 Å². The molecule has 3 atom stereocenters. The summed E-state index contributed by atoms with van der Waals surface area (Å²) in [5.41, 5.74) is 2.44. The smallest absolute Gasteiger partial charge is 0.238 e. The molecule has 28 heavy (non-hydrogen) atoms. The summed E-state index contributed by atoms with van der Waals surface area (Å²) in [5.74, 6) is 0.721. The Hall–Kier alpha value is -2.62. The van der Waals surface area contributed by atoms with E-state index in [0.717, 1.165) is 29.8 Å². The van der Waals surface area contributed by atoms with E-state index in [4.69, 9.17) is 9.88 Å². The summed E-state index contributed by atoms with van der Waals surface area (Å²) in [4.78, 5) is 4.49. The van der Waals surface area contributed by atoms with Crippen LogP contribution in [0.4, 0.5) is 11.4 Å². The number of aliphatic hydroxyl groups excluding tert-OH is 1. The van der Waals surface area contributed by atoms with Crippen molar-refractivity contribution in [3.05, 3.63) is 48.0 Å². The van der Waals surface area contributed by atoms with Crippen molar-refractivity contribution >= 4 is 27.6 Å². The Kier molecular flexibility index (Phi) is 4.96. The first-order valence-corrected chi connectivity index (χ1v) is 10.6. The quantitative estimate of drug-likeness (QED) is 0.605. The third-order valence-electron chi connectivity index (χ3n) is 4.84. The van der Waals surface area contributed by atoms with Crippen LogP contribution in [0.25, 0.3) is 0 Å². The van der Waals surface area contributed by atoms with Gasteiger partial charge in [-0.1, -0.05) is 12.1 Å². The largest absolute Gasteiger partial charge is 0.488 e. The van der Waals surface area contributed by atoms with E-state index in [1.165, 1.54) is 12.1 Å². The number of nitrogens with two attached hydrogens (primary N) is 1. The summed E-state index contributed by atoms with van der Waals surface area (Å²) >= 11 is 0. The van der Waals surface area contributed by atoms with Gasteiger partial charge in [-0.3, -0.25) is 0 Å². The van der Waals surface area contributed by atoms with E-state index in [2.05, 4.69) is 15.6 Å². The van der Waals surface area contributed by atoms with Crippen LogP contribution in [0.2, 0.25) is 0 Å². The normalized spacial score (nSPS) is 23.7. The molecular formula is C19H22N4O4S. The standard InChI is InChI=1S/C19H22N4O4S/c20-28(25,26)16-8-4-13(5-9-16)22-19-21-11-12-2-1-3-17(18(12)23-19)27-15-7-6-14(24)10-15/h1-5,8-9,11,14-15,19,22-24H,6-7,10H2,(H2,20,25,26)/t14-,15-,19?/m0/s1. The number of anilines is 2. The van der Waals surface area contributed by atoms with Gasteiger partial charge in [0.15, 0.2) is 6.29 Å². The highest BCUT2D eigenvalue weighted by Gasteiger charge is 2.26. The Morgan fingerprint density at radius 1 is 1.18 bits per heavy atom. The lowest BCUT2D eigenvalue weighted by Gasteiger charge is -2.26. The van der Waals surface area contributed by atoms with E-state index >= 15 is 0 Å². The monoisotopic (exact) mass is 402 g/mol. The summed E-state index contributed by atoms with van der Waals surface area (Å²) in [5, 5.41) is 21.3. The minimum atomic E-state index is -3.72. The van der Waals surface area contributed by atoms with Gasteiger partial charge in [-0.2, -0.15) is 0 Å². The number of aliphatic imine (C=N–C) groups is 1. The van der Waals surface area contributed by atoms with Crippen LogP contribution >= 0.6 is 0 Å². The molecule has 0 amide bonds. The molecule has 1 saturated carbocycles. The summed E-state index contributed by atoms with van der Waals surface area (Å²) in [7, 11) is -3.72. The SMILES string of the molecule is NS(=O)(=O)c1ccc(NC2N=Cc3cccc(O[C@H]4CC[C@H](O)C4)c3N2)cc1. The highest BCUT2D eigenvalue weighted by molar-refractivity contribution is 7.89. The first-order valence-electron chi connectivity index (χ1n) is 9.05. The molecule has 9 heteroatoms. The maximum Gasteiger partial charge on any atom is 0.238 e. The van der Waals surface area contributed by atoms with Crippen molar-refractivity contribution in [2.75, 3.05) is 10.6 Å². The Bertz CT molecular complexity index is 991. The topological polar surface area (TPSA) is 126 Å². The molecule has 0 spiro atoms. The highest BCUT2D eigenvalue weighted by Crippen LogP contribution is 2.34. The summed E-state index contributed by atoms with van der Waals surface area (Å²) < 4.78 is 28.8. The number of hydrogen-bond donors (Lipinski definition) is 4. The number of primary sulfonamides is 1. The lowest BCUT2D eigenvalue weighted by Crippen LogP contribution is -2.30. The van der Waals surface area contributed by atoms with Crippen LogP contribution in [-0.4, -0.2) is 38.2 Å². The fourth-order valence-electron chi connectivity index (χ4n) is 3.41. The number of rotatable bonds is 5. The molecule has 1 heterocycles. The molecule has 148 valence electrons. The van der Waals surface area contributed by atoms with Gasteiger partial charge in [-0.05, 0) is 43.2 Å². The second kappa shape index (κ2) is 7.42. The fraction of sp³-hybridized carbons (Fsp3) is 0.316. The van der Waals surface area contributed by atoms with Crippen LogP contribution in [0.15, 0.2) is 52.4 Å². The number of ether oxygens (including phenoxy) is 1. The van der Waals surface area contributed by atoms with Gasteiger partial charge in [-0.25, -0.2) is 18.5 Å². The van der Waals surface area contributed by atoms with Crippen molar-refractivity contribution in [3.8, 4) is 5.75 Å². The predicted molar refractivity (Wildman–Crippen MR) is 107 cm³/mol. The highest BCUT2D eigenvalue weighted by atomic mass is 32.2. The zero-order valence-electron chi connectivity index (χ0n) is 15.1. The Balaban J connectivity index is 1.48.